The van der Waals surface area contributed by atoms with Crippen LogP contribution in [0.25, 0.3) is 10.1 Å². The second-order valence-corrected chi connectivity index (χ2v) is 7.44. The first-order valence-electron chi connectivity index (χ1n) is 7.78. The molecule has 0 spiro atoms. The zero-order chi connectivity index (χ0) is 16.0. The molecular formula is C19H16ClNOS. The molecule has 2 N–H and O–H groups in total. The van der Waals surface area contributed by atoms with E-state index in [2.05, 4.69) is 12.1 Å². The zero-order valence-corrected chi connectivity index (χ0v) is 14.1. The van der Waals surface area contributed by atoms with Crippen LogP contribution in [0.5, 0.6) is 0 Å². The summed E-state index contributed by atoms with van der Waals surface area (Å²) in [5, 5.41) is 1.47. The normalized spacial score (nSPS) is 14.0. The number of thiophene rings is 1. The average molecular weight is 342 g/mol. The lowest BCUT2D eigenvalue weighted by atomic mass is 9.91. The number of fused-ring (bicyclic) bond motifs is 2. The van der Waals surface area contributed by atoms with Gasteiger partial charge in [-0.2, -0.15) is 0 Å². The monoisotopic (exact) mass is 341 g/mol. The highest BCUT2D eigenvalue weighted by molar-refractivity contribution is 7.21. The predicted octanol–water partition coefficient (Wildman–Crippen LogP) is 5.25. The molecule has 0 saturated carbocycles. The summed E-state index contributed by atoms with van der Waals surface area (Å²) in [5.74, 6) is -0.0905. The fraction of sp³-hybridized carbons (Fsp3) is 0.211. The van der Waals surface area contributed by atoms with Crippen molar-refractivity contribution in [3.8, 4) is 0 Å². The minimum atomic E-state index is -0.0905. The van der Waals surface area contributed by atoms with Crippen LogP contribution in [0.15, 0.2) is 36.4 Å². The number of nitrogen functional groups attached to an aromatic ring is 1. The van der Waals surface area contributed by atoms with Gasteiger partial charge in [0.2, 0.25) is 5.78 Å². The first kappa shape index (κ1) is 14.7. The third kappa shape index (κ3) is 2.44. The Morgan fingerprint density at radius 2 is 1.78 bits per heavy atom. The zero-order valence-electron chi connectivity index (χ0n) is 12.6. The van der Waals surface area contributed by atoms with E-state index in [0.717, 1.165) is 22.9 Å². The molecule has 1 heterocycles. The number of carbonyl (C=O) groups is 1. The summed E-state index contributed by atoms with van der Waals surface area (Å²) in [7, 11) is 0. The molecule has 1 aliphatic rings. The van der Waals surface area contributed by atoms with Gasteiger partial charge in [-0.25, -0.2) is 0 Å². The summed E-state index contributed by atoms with van der Waals surface area (Å²) in [5.41, 5.74) is 10.2. The van der Waals surface area contributed by atoms with Crippen molar-refractivity contribution < 1.29 is 4.79 Å². The maximum absolute atomic E-state index is 12.8. The minimum Gasteiger partial charge on any atom is -0.397 e. The molecule has 0 atom stereocenters. The van der Waals surface area contributed by atoms with E-state index < -0.39 is 0 Å². The summed E-state index contributed by atoms with van der Waals surface area (Å²) in [6, 6.07) is 11.5. The summed E-state index contributed by atoms with van der Waals surface area (Å²) in [6.45, 7) is 0. The fourth-order valence-electron chi connectivity index (χ4n) is 3.28. The van der Waals surface area contributed by atoms with Crippen molar-refractivity contribution in [3.05, 3.63) is 63.0 Å². The molecule has 0 radical (unpaired) electrons. The van der Waals surface area contributed by atoms with Crippen molar-refractivity contribution in [2.24, 2.45) is 0 Å². The van der Waals surface area contributed by atoms with Gasteiger partial charge in [0.15, 0.2) is 0 Å². The maximum atomic E-state index is 12.8. The Hall–Kier alpha value is -1.84. The van der Waals surface area contributed by atoms with E-state index in [4.69, 9.17) is 17.3 Å². The molecule has 3 aromatic rings. The van der Waals surface area contributed by atoms with Gasteiger partial charge in [0, 0.05) is 15.6 Å². The van der Waals surface area contributed by atoms with Gasteiger partial charge in [-0.15, -0.1) is 11.3 Å². The SMILES string of the molecule is Nc1c(C(=O)c2ccccc2Cl)sc2cc3c(cc12)CCCC3. The average Bonchev–Trinajstić information content (AvgIpc) is 2.89. The molecule has 1 aromatic heterocycles. The van der Waals surface area contributed by atoms with Crippen molar-refractivity contribution in [3.63, 3.8) is 0 Å². The minimum absolute atomic E-state index is 0.0905. The van der Waals surface area contributed by atoms with Crippen LogP contribution in [0.4, 0.5) is 5.69 Å². The lowest BCUT2D eigenvalue weighted by Crippen LogP contribution is -2.03. The number of anilines is 1. The molecule has 4 rings (SSSR count). The Bertz CT molecular complexity index is 929. The number of nitrogens with two attached hydrogens (primary N) is 1. The second-order valence-electron chi connectivity index (χ2n) is 5.98. The van der Waals surface area contributed by atoms with Crippen molar-refractivity contribution in [1.29, 1.82) is 0 Å². The third-order valence-corrected chi connectivity index (χ3v) is 6.01. The number of hydrogen-bond donors (Lipinski definition) is 1. The Labute approximate surface area is 143 Å². The second kappa shape index (κ2) is 5.66. The van der Waals surface area contributed by atoms with Gasteiger partial charge in [0.05, 0.1) is 15.6 Å². The fourth-order valence-corrected chi connectivity index (χ4v) is 4.63. The van der Waals surface area contributed by atoms with Crippen LogP contribution >= 0.6 is 22.9 Å². The third-order valence-electron chi connectivity index (χ3n) is 4.52. The Balaban J connectivity index is 1.86. The van der Waals surface area contributed by atoms with Gasteiger partial charge in [0.25, 0.3) is 0 Å². The Morgan fingerprint density at radius 3 is 2.52 bits per heavy atom. The molecule has 0 aliphatic heterocycles. The number of hydrogen-bond acceptors (Lipinski definition) is 3. The molecule has 0 saturated heterocycles. The van der Waals surface area contributed by atoms with E-state index >= 15 is 0 Å². The van der Waals surface area contributed by atoms with Gasteiger partial charge in [-0.05, 0) is 61.1 Å². The van der Waals surface area contributed by atoms with Crippen molar-refractivity contribution in [2.45, 2.75) is 25.7 Å². The van der Waals surface area contributed by atoms with E-state index in [-0.39, 0.29) is 5.78 Å². The number of carbonyl (C=O) groups excluding carboxylic acids is 1. The number of rotatable bonds is 2. The molecule has 0 unspecified atom stereocenters. The van der Waals surface area contributed by atoms with Crippen LogP contribution in [0.1, 0.15) is 39.2 Å². The molecule has 2 aromatic carbocycles. The van der Waals surface area contributed by atoms with Gasteiger partial charge in [-0.3, -0.25) is 4.79 Å². The van der Waals surface area contributed by atoms with E-state index in [1.165, 1.54) is 35.3 Å². The van der Waals surface area contributed by atoms with Crippen LogP contribution < -0.4 is 5.73 Å². The van der Waals surface area contributed by atoms with Crippen LogP contribution in [-0.4, -0.2) is 5.78 Å². The first-order chi connectivity index (χ1) is 11.1. The van der Waals surface area contributed by atoms with Gasteiger partial charge in [-0.1, -0.05) is 23.7 Å². The first-order valence-corrected chi connectivity index (χ1v) is 8.97. The Kier molecular flexibility index (Phi) is 3.63. The quantitative estimate of drug-likeness (QED) is 0.647. The summed E-state index contributed by atoms with van der Waals surface area (Å²) >= 11 is 7.64. The lowest BCUT2D eigenvalue weighted by Gasteiger charge is -2.15. The van der Waals surface area contributed by atoms with E-state index in [1.54, 1.807) is 12.1 Å². The van der Waals surface area contributed by atoms with E-state index in [0.29, 0.717) is 21.2 Å². The van der Waals surface area contributed by atoms with Crippen LogP contribution in [0.2, 0.25) is 5.02 Å². The lowest BCUT2D eigenvalue weighted by molar-refractivity contribution is 0.104. The molecular weight excluding hydrogens is 326 g/mol. The van der Waals surface area contributed by atoms with Crippen LogP contribution in [0.3, 0.4) is 0 Å². The molecule has 0 amide bonds. The van der Waals surface area contributed by atoms with Gasteiger partial charge < -0.3 is 5.73 Å². The van der Waals surface area contributed by atoms with Crippen LogP contribution in [-0.2, 0) is 12.8 Å². The molecule has 0 bridgehead atoms. The highest BCUT2D eigenvalue weighted by Gasteiger charge is 2.21. The Morgan fingerprint density at radius 1 is 1.09 bits per heavy atom. The molecule has 23 heavy (non-hydrogen) atoms. The standard InChI is InChI=1S/C19H16ClNOS/c20-15-8-4-3-7-13(15)18(22)19-17(21)14-9-11-5-1-2-6-12(11)10-16(14)23-19/h3-4,7-10H,1-2,5-6,21H2. The molecule has 1 aliphatic carbocycles. The number of benzene rings is 2. The molecule has 4 heteroatoms. The summed E-state index contributed by atoms with van der Waals surface area (Å²) < 4.78 is 1.10. The molecule has 116 valence electrons. The van der Waals surface area contributed by atoms with Crippen molar-refractivity contribution >= 4 is 44.5 Å². The molecule has 0 fully saturated rings. The van der Waals surface area contributed by atoms with Crippen molar-refractivity contribution in [1.82, 2.24) is 0 Å². The summed E-state index contributed by atoms with van der Waals surface area (Å²) in [6.07, 6.45) is 4.70. The number of ketones is 1. The highest BCUT2D eigenvalue weighted by atomic mass is 35.5. The van der Waals surface area contributed by atoms with Gasteiger partial charge in [0.1, 0.15) is 0 Å². The maximum Gasteiger partial charge on any atom is 0.206 e. The highest BCUT2D eigenvalue weighted by Crippen LogP contribution is 2.39. The predicted molar refractivity (Wildman–Crippen MR) is 97.8 cm³/mol. The number of halogens is 1. The molecule has 2 nitrogen and oxygen atoms in total. The van der Waals surface area contributed by atoms with E-state index in [9.17, 15) is 4.79 Å². The van der Waals surface area contributed by atoms with Crippen molar-refractivity contribution in [2.75, 3.05) is 5.73 Å². The van der Waals surface area contributed by atoms with Gasteiger partial charge >= 0.3 is 0 Å². The summed E-state index contributed by atoms with van der Waals surface area (Å²) in [4.78, 5) is 13.4. The smallest absolute Gasteiger partial charge is 0.206 e. The number of aryl methyl sites for hydroxylation is 2. The topological polar surface area (TPSA) is 43.1 Å². The van der Waals surface area contributed by atoms with Crippen LogP contribution in [0, 0.1) is 0 Å². The largest absolute Gasteiger partial charge is 0.397 e. The van der Waals surface area contributed by atoms with E-state index in [1.807, 2.05) is 12.1 Å².